The number of nitrogens with one attached hydrogen (secondary N) is 1. The van der Waals surface area contributed by atoms with Gasteiger partial charge in [0.15, 0.2) is 10.9 Å². The summed E-state index contributed by atoms with van der Waals surface area (Å²) in [5.41, 5.74) is 0.976. The quantitative estimate of drug-likeness (QED) is 0.531. The number of rotatable bonds is 7. The largest absolute Gasteiger partial charge is 0.455 e. The normalized spacial score (nSPS) is 15.4. The molecule has 1 N–H and O–H groups in total. The second-order valence-electron chi connectivity index (χ2n) is 8.48. The van der Waals surface area contributed by atoms with Crippen molar-refractivity contribution in [2.45, 2.75) is 50.9 Å². The highest BCUT2D eigenvalue weighted by Gasteiger charge is 2.23. The van der Waals surface area contributed by atoms with Crippen LogP contribution < -0.4 is 10.2 Å². The molecule has 3 heterocycles. The molecule has 0 saturated carbocycles. The number of furan rings is 1. The number of likely N-dealkylation sites (N-methyl/N-ethyl adjacent to an activating group) is 1. The lowest BCUT2D eigenvalue weighted by Gasteiger charge is -2.35. The van der Waals surface area contributed by atoms with E-state index in [1.807, 2.05) is 13.0 Å². The minimum atomic E-state index is -0.187. The predicted molar refractivity (Wildman–Crippen MR) is 121 cm³/mol. The summed E-state index contributed by atoms with van der Waals surface area (Å²) in [4.78, 5) is 26.4. The van der Waals surface area contributed by atoms with Gasteiger partial charge in [0.2, 0.25) is 0 Å². The molecule has 30 heavy (non-hydrogen) atoms. The third-order valence-corrected chi connectivity index (χ3v) is 6.04. The first-order chi connectivity index (χ1) is 14.3. The molecule has 2 aromatic heterocycles. The third kappa shape index (κ3) is 5.76. The Kier molecular flexibility index (Phi) is 7.41. The average molecular weight is 432 g/mol. The number of hydrogen-bond acceptors (Lipinski definition) is 7. The highest BCUT2D eigenvalue weighted by Crippen LogP contribution is 2.29. The maximum absolute atomic E-state index is 11.9. The molecule has 0 aromatic carbocycles. The summed E-state index contributed by atoms with van der Waals surface area (Å²) in [6.45, 7) is 16.4. The van der Waals surface area contributed by atoms with E-state index >= 15 is 0 Å². The van der Waals surface area contributed by atoms with E-state index in [1.54, 1.807) is 17.8 Å². The molecular weight excluding hydrogens is 398 g/mol. The zero-order valence-corrected chi connectivity index (χ0v) is 19.5. The Bertz CT molecular complexity index is 853. The number of nitrogens with zero attached hydrogens (tertiary/aromatic N) is 4. The van der Waals surface area contributed by atoms with Gasteiger partial charge in [0.25, 0.3) is 5.91 Å². The molecule has 0 bridgehead atoms. The first-order valence-corrected chi connectivity index (χ1v) is 11.6. The van der Waals surface area contributed by atoms with Crippen molar-refractivity contribution in [2.75, 3.05) is 44.2 Å². The SMILES string of the molecule is CCNC(=O)c1ccc(CSc2nc(N3CCN(CC)CC3)cc(C(C)(C)C)n2)o1. The molecular formula is C22H33N5O2S. The molecule has 1 aliphatic heterocycles. The molecule has 1 aliphatic rings. The monoisotopic (exact) mass is 431 g/mol. The zero-order valence-electron chi connectivity index (χ0n) is 18.7. The molecule has 164 valence electrons. The van der Waals surface area contributed by atoms with Crippen LogP contribution in [-0.4, -0.2) is 60.0 Å². The molecule has 1 saturated heterocycles. The van der Waals surface area contributed by atoms with E-state index in [-0.39, 0.29) is 11.3 Å². The fourth-order valence-corrected chi connectivity index (χ4v) is 4.03. The topological polar surface area (TPSA) is 74.5 Å². The van der Waals surface area contributed by atoms with Crippen molar-refractivity contribution in [3.05, 3.63) is 35.4 Å². The fraction of sp³-hybridized carbons (Fsp3) is 0.591. The summed E-state index contributed by atoms with van der Waals surface area (Å²) < 4.78 is 5.68. The van der Waals surface area contributed by atoms with E-state index in [0.29, 0.717) is 18.1 Å². The number of hydrogen-bond donors (Lipinski definition) is 1. The Morgan fingerprint density at radius 2 is 1.90 bits per heavy atom. The van der Waals surface area contributed by atoms with E-state index in [0.717, 1.165) is 55.2 Å². The highest BCUT2D eigenvalue weighted by atomic mass is 32.2. The van der Waals surface area contributed by atoms with Crippen LogP contribution in [0.2, 0.25) is 0 Å². The van der Waals surface area contributed by atoms with Crippen molar-refractivity contribution in [1.29, 1.82) is 0 Å². The van der Waals surface area contributed by atoms with Crippen LogP contribution in [0.4, 0.5) is 5.82 Å². The molecule has 0 spiro atoms. The Morgan fingerprint density at radius 1 is 1.17 bits per heavy atom. The van der Waals surface area contributed by atoms with Gasteiger partial charge in [0.1, 0.15) is 11.6 Å². The van der Waals surface area contributed by atoms with Crippen LogP contribution >= 0.6 is 11.8 Å². The Labute approximate surface area is 183 Å². The van der Waals surface area contributed by atoms with Crippen LogP contribution in [0.5, 0.6) is 0 Å². The van der Waals surface area contributed by atoms with Gasteiger partial charge in [-0.1, -0.05) is 39.5 Å². The van der Waals surface area contributed by atoms with Crippen LogP contribution in [-0.2, 0) is 11.2 Å². The second kappa shape index (κ2) is 9.83. The maximum atomic E-state index is 11.9. The molecule has 1 fully saturated rings. The van der Waals surface area contributed by atoms with Crippen molar-refractivity contribution < 1.29 is 9.21 Å². The number of carbonyl (C=O) groups excluding carboxylic acids is 1. The molecule has 8 heteroatoms. The third-order valence-electron chi connectivity index (χ3n) is 5.17. The first kappa shape index (κ1) is 22.6. The molecule has 0 radical (unpaired) electrons. The summed E-state index contributed by atoms with van der Waals surface area (Å²) in [7, 11) is 0. The van der Waals surface area contributed by atoms with Gasteiger partial charge in [0, 0.05) is 44.2 Å². The Morgan fingerprint density at radius 3 is 2.53 bits per heavy atom. The maximum Gasteiger partial charge on any atom is 0.286 e. The number of piperazine rings is 1. The van der Waals surface area contributed by atoms with Gasteiger partial charge in [0.05, 0.1) is 11.4 Å². The van der Waals surface area contributed by atoms with Gasteiger partial charge in [-0.3, -0.25) is 4.79 Å². The number of amides is 1. The van der Waals surface area contributed by atoms with E-state index in [9.17, 15) is 4.79 Å². The van der Waals surface area contributed by atoms with Crippen molar-refractivity contribution in [3.8, 4) is 0 Å². The van der Waals surface area contributed by atoms with Crippen LogP contribution in [0.3, 0.4) is 0 Å². The molecule has 7 nitrogen and oxygen atoms in total. The summed E-state index contributed by atoms with van der Waals surface area (Å²) in [6.07, 6.45) is 0. The van der Waals surface area contributed by atoms with E-state index in [4.69, 9.17) is 14.4 Å². The van der Waals surface area contributed by atoms with E-state index in [1.165, 1.54) is 0 Å². The van der Waals surface area contributed by atoms with Crippen LogP contribution in [0.15, 0.2) is 27.8 Å². The van der Waals surface area contributed by atoms with Crippen molar-refractivity contribution in [1.82, 2.24) is 20.2 Å². The second-order valence-corrected chi connectivity index (χ2v) is 9.42. The van der Waals surface area contributed by atoms with Crippen molar-refractivity contribution in [2.24, 2.45) is 0 Å². The van der Waals surface area contributed by atoms with Gasteiger partial charge >= 0.3 is 0 Å². The standard InChI is InChI=1S/C22H33N5O2S/c1-6-23-20(28)17-9-8-16(29-17)15-30-21-24-18(22(3,4)5)14-19(25-21)27-12-10-26(7-2)11-13-27/h8-9,14H,6-7,10-13,15H2,1-5H3,(H,23,28). The van der Waals surface area contributed by atoms with E-state index in [2.05, 4.69) is 48.9 Å². The van der Waals surface area contributed by atoms with Gasteiger partial charge in [-0.05, 0) is 25.6 Å². The minimum Gasteiger partial charge on any atom is -0.455 e. The van der Waals surface area contributed by atoms with Crippen molar-refractivity contribution >= 4 is 23.5 Å². The number of thioether (sulfide) groups is 1. The fourth-order valence-electron chi connectivity index (χ4n) is 3.28. The average Bonchev–Trinajstić information content (AvgIpc) is 3.21. The van der Waals surface area contributed by atoms with Crippen LogP contribution in [0.1, 0.15) is 56.6 Å². The van der Waals surface area contributed by atoms with Crippen LogP contribution in [0, 0.1) is 0 Å². The molecule has 2 aromatic rings. The summed E-state index contributed by atoms with van der Waals surface area (Å²) in [6, 6.07) is 5.69. The molecule has 3 rings (SSSR count). The van der Waals surface area contributed by atoms with E-state index < -0.39 is 0 Å². The predicted octanol–water partition coefficient (Wildman–Crippen LogP) is 3.55. The Hall–Kier alpha value is -2.06. The minimum absolute atomic E-state index is 0.0612. The van der Waals surface area contributed by atoms with Gasteiger partial charge in [-0.15, -0.1) is 0 Å². The highest BCUT2D eigenvalue weighted by molar-refractivity contribution is 7.98. The number of carbonyl (C=O) groups is 1. The summed E-state index contributed by atoms with van der Waals surface area (Å²) >= 11 is 1.54. The lowest BCUT2D eigenvalue weighted by Crippen LogP contribution is -2.46. The molecule has 0 unspecified atom stereocenters. The van der Waals surface area contributed by atoms with Gasteiger partial charge < -0.3 is 19.5 Å². The van der Waals surface area contributed by atoms with Crippen LogP contribution in [0.25, 0.3) is 0 Å². The lowest BCUT2D eigenvalue weighted by atomic mass is 9.92. The first-order valence-electron chi connectivity index (χ1n) is 10.7. The Balaban J connectivity index is 1.74. The van der Waals surface area contributed by atoms with Gasteiger partial charge in [-0.25, -0.2) is 9.97 Å². The molecule has 1 amide bonds. The number of anilines is 1. The number of aromatic nitrogens is 2. The summed E-state index contributed by atoms with van der Waals surface area (Å²) in [5, 5.41) is 3.49. The van der Waals surface area contributed by atoms with Crippen molar-refractivity contribution in [3.63, 3.8) is 0 Å². The summed E-state index contributed by atoms with van der Waals surface area (Å²) in [5.74, 6) is 2.47. The molecule has 0 aliphatic carbocycles. The smallest absolute Gasteiger partial charge is 0.286 e. The lowest BCUT2D eigenvalue weighted by molar-refractivity contribution is 0.0927. The molecule has 0 atom stereocenters. The zero-order chi connectivity index (χ0) is 21.7. The van der Waals surface area contributed by atoms with Gasteiger partial charge in [-0.2, -0.15) is 0 Å².